The Morgan fingerprint density at radius 3 is 2.52 bits per heavy atom. The number of sulfone groups is 1. The van der Waals surface area contributed by atoms with E-state index in [1.54, 1.807) is 13.8 Å². The number of thioether (sulfide) groups is 1. The topological polar surface area (TPSA) is 120 Å². The second-order valence-corrected chi connectivity index (χ2v) is 9.97. The number of aromatic nitrogens is 1. The summed E-state index contributed by atoms with van der Waals surface area (Å²) in [6, 6.07) is 0. The smallest absolute Gasteiger partial charge is 0.339 e. The van der Waals surface area contributed by atoms with E-state index in [0.717, 1.165) is 0 Å². The maximum Gasteiger partial charge on any atom is 0.339 e. The fourth-order valence-electron chi connectivity index (χ4n) is 2.97. The number of carbonyl (C=O) groups is 3. The maximum absolute atomic E-state index is 12.6. The molecule has 1 N–H and O–H groups in total. The Bertz CT molecular complexity index is 857. The van der Waals surface area contributed by atoms with Crippen molar-refractivity contribution in [3.63, 3.8) is 0 Å². The molecule has 0 unspecified atom stereocenters. The minimum atomic E-state index is -3.00. The molecular weight excluding hydrogens is 394 g/mol. The summed E-state index contributed by atoms with van der Waals surface area (Å²) in [6.07, 6.45) is -0.515. The Morgan fingerprint density at radius 1 is 1.30 bits per heavy atom. The Morgan fingerprint density at radius 2 is 1.96 bits per heavy atom. The quantitative estimate of drug-likeness (QED) is 0.523. The molecule has 10 heteroatoms. The van der Waals surface area contributed by atoms with Gasteiger partial charge in [-0.15, -0.1) is 11.8 Å². The molecule has 2 heterocycles. The van der Waals surface area contributed by atoms with Gasteiger partial charge in [-0.2, -0.15) is 0 Å². The summed E-state index contributed by atoms with van der Waals surface area (Å²) in [7, 11) is -1.74. The third kappa shape index (κ3) is 5.13. The molecule has 1 fully saturated rings. The van der Waals surface area contributed by atoms with Crippen molar-refractivity contribution < 1.29 is 32.3 Å². The minimum absolute atomic E-state index is 0.0199. The second-order valence-electron chi connectivity index (χ2n) is 6.45. The molecule has 1 saturated heterocycles. The summed E-state index contributed by atoms with van der Waals surface area (Å²) in [4.78, 5) is 39.2. The van der Waals surface area contributed by atoms with Crippen molar-refractivity contribution in [2.75, 3.05) is 24.4 Å². The highest BCUT2D eigenvalue weighted by atomic mass is 32.2. The zero-order valence-electron chi connectivity index (χ0n) is 15.7. The van der Waals surface area contributed by atoms with Crippen LogP contribution < -0.4 is 0 Å². The van der Waals surface area contributed by atoms with Gasteiger partial charge in [0.1, 0.15) is 0 Å². The molecule has 2 atom stereocenters. The molecule has 0 aliphatic carbocycles. The van der Waals surface area contributed by atoms with Crippen LogP contribution in [0.2, 0.25) is 0 Å². The lowest BCUT2D eigenvalue weighted by Crippen LogP contribution is -2.26. The van der Waals surface area contributed by atoms with E-state index in [1.165, 1.54) is 25.8 Å². The second kappa shape index (κ2) is 8.47. The van der Waals surface area contributed by atoms with Crippen molar-refractivity contribution in [3.05, 3.63) is 22.5 Å². The molecule has 0 bridgehead atoms. The normalized spacial score (nSPS) is 19.5. The van der Waals surface area contributed by atoms with Crippen LogP contribution in [0.25, 0.3) is 0 Å². The summed E-state index contributed by atoms with van der Waals surface area (Å²) >= 11 is 1.23. The number of Topliss-reactive ketones (excluding diaryl/α,β-unsaturated/α-hetero) is 1. The number of rotatable bonds is 7. The van der Waals surface area contributed by atoms with Crippen LogP contribution in [0, 0.1) is 13.8 Å². The Kier molecular flexibility index (Phi) is 6.74. The average Bonchev–Trinajstić information content (AvgIpc) is 3.10. The summed E-state index contributed by atoms with van der Waals surface area (Å²) in [5.41, 5.74) is 1.43. The van der Waals surface area contributed by atoms with Gasteiger partial charge in [0.2, 0.25) is 5.78 Å². The Balaban J connectivity index is 1.95. The van der Waals surface area contributed by atoms with Gasteiger partial charge < -0.3 is 14.5 Å². The van der Waals surface area contributed by atoms with Gasteiger partial charge in [-0.3, -0.25) is 9.59 Å². The fourth-order valence-corrected chi connectivity index (χ4v) is 6.39. The molecule has 0 spiro atoms. The van der Waals surface area contributed by atoms with E-state index in [1.807, 2.05) is 0 Å². The molecule has 27 heavy (non-hydrogen) atoms. The minimum Gasteiger partial charge on any atom is -0.465 e. The first-order valence-electron chi connectivity index (χ1n) is 8.39. The van der Waals surface area contributed by atoms with Crippen molar-refractivity contribution in [2.45, 2.75) is 38.5 Å². The third-order valence-corrected chi connectivity index (χ3v) is 7.63. The molecule has 0 saturated carbocycles. The van der Waals surface area contributed by atoms with Gasteiger partial charge in [-0.05, 0) is 32.8 Å². The SMILES string of the molecule is COC(=O)c1c(C)[nH]c(C(=O)[C@@H](C)OC(=O)CS[C@H]2CCS(=O)(=O)C2)c1C. The molecule has 1 aromatic rings. The summed E-state index contributed by atoms with van der Waals surface area (Å²) in [6.45, 7) is 4.73. The predicted octanol–water partition coefficient (Wildman–Crippen LogP) is 1.45. The van der Waals surface area contributed by atoms with Crippen LogP contribution in [0.3, 0.4) is 0 Å². The highest BCUT2D eigenvalue weighted by Crippen LogP contribution is 2.25. The van der Waals surface area contributed by atoms with Crippen LogP contribution in [-0.4, -0.2) is 66.8 Å². The summed E-state index contributed by atoms with van der Waals surface area (Å²) < 4.78 is 32.7. The van der Waals surface area contributed by atoms with E-state index in [9.17, 15) is 22.8 Å². The number of ketones is 1. The molecule has 1 aliphatic rings. The first-order valence-corrected chi connectivity index (χ1v) is 11.3. The lowest BCUT2D eigenvalue weighted by molar-refractivity contribution is -0.143. The van der Waals surface area contributed by atoms with Crippen LogP contribution >= 0.6 is 11.8 Å². The average molecular weight is 418 g/mol. The van der Waals surface area contributed by atoms with Gasteiger partial charge in [-0.25, -0.2) is 13.2 Å². The van der Waals surface area contributed by atoms with Gasteiger partial charge in [0.25, 0.3) is 0 Å². The zero-order valence-corrected chi connectivity index (χ0v) is 17.3. The molecule has 8 nitrogen and oxygen atoms in total. The van der Waals surface area contributed by atoms with E-state index in [4.69, 9.17) is 9.47 Å². The van der Waals surface area contributed by atoms with Crippen LogP contribution in [0.1, 0.15) is 45.4 Å². The van der Waals surface area contributed by atoms with E-state index in [2.05, 4.69) is 4.98 Å². The molecule has 0 aromatic carbocycles. The van der Waals surface area contributed by atoms with E-state index in [-0.39, 0.29) is 33.8 Å². The van der Waals surface area contributed by atoms with Gasteiger partial charge >= 0.3 is 11.9 Å². The van der Waals surface area contributed by atoms with Gasteiger partial charge in [0.15, 0.2) is 15.9 Å². The van der Waals surface area contributed by atoms with E-state index < -0.39 is 33.7 Å². The molecule has 2 rings (SSSR count). The standard InChI is InChI=1S/C17H23NO7S2/c1-9-14(17(21)24-4)10(2)18-15(9)16(20)11(3)25-13(19)7-26-12-5-6-27(22,23)8-12/h11-12,18H,5-8H2,1-4H3/t11-,12+/m1/s1. The van der Waals surface area contributed by atoms with E-state index in [0.29, 0.717) is 17.7 Å². The van der Waals surface area contributed by atoms with E-state index >= 15 is 0 Å². The third-order valence-electron chi connectivity index (χ3n) is 4.38. The number of H-pyrrole nitrogens is 1. The molecule has 1 aromatic heterocycles. The maximum atomic E-state index is 12.6. The lowest BCUT2D eigenvalue weighted by Gasteiger charge is -2.13. The number of aromatic amines is 1. The molecule has 150 valence electrons. The van der Waals surface area contributed by atoms with Crippen molar-refractivity contribution in [2.24, 2.45) is 0 Å². The highest BCUT2D eigenvalue weighted by Gasteiger charge is 2.30. The number of esters is 2. The fraction of sp³-hybridized carbons (Fsp3) is 0.588. The molecule has 0 radical (unpaired) electrons. The number of carbonyl (C=O) groups excluding carboxylic acids is 3. The van der Waals surface area contributed by atoms with Crippen molar-refractivity contribution in [1.82, 2.24) is 4.98 Å². The highest BCUT2D eigenvalue weighted by molar-refractivity contribution is 8.02. The number of hydrogen-bond donors (Lipinski definition) is 1. The van der Waals surface area contributed by atoms with Crippen molar-refractivity contribution >= 4 is 39.3 Å². The number of aryl methyl sites for hydroxylation is 1. The van der Waals surface area contributed by atoms with Crippen LogP contribution in [-0.2, 0) is 24.1 Å². The first-order chi connectivity index (χ1) is 12.6. The number of ether oxygens (including phenoxy) is 2. The first kappa shape index (κ1) is 21.5. The Labute approximate surface area is 162 Å². The zero-order chi connectivity index (χ0) is 20.4. The summed E-state index contributed by atoms with van der Waals surface area (Å²) in [5.74, 6) is -1.40. The van der Waals surface area contributed by atoms with Gasteiger partial charge in [-0.1, -0.05) is 0 Å². The largest absolute Gasteiger partial charge is 0.465 e. The van der Waals surface area contributed by atoms with Crippen LogP contribution in [0.5, 0.6) is 0 Å². The molecular formula is C17H23NO7S2. The monoisotopic (exact) mass is 417 g/mol. The Hall–Kier alpha value is -1.81. The molecule has 1 aliphatic heterocycles. The van der Waals surface area contributed by atoms with Crippen molar-refractivity contribution in [3.8, 4) is 0 Å². The van der Waals surface area contributed by atoms with Crippen LogP contribution in [0.15, 0.2) is 0 Å². The van der Waals surface area contributed by atoms with Gasteiger partial charge in [0.05, 0.1) is 35.6 Å². The predicted molar refractivity (Wildman–Crippen MR) is 101 cm³/mol. The number of methoxy groups -OCH3 is 1. The van der Waals surface area contributed by atoms with Crippen LogP contribution in [0.4, 0.5) is 0 Å². The summed E-state index contributed by atoms with van der Waals surface area (Å²) in [5, 5.41) is -0.121. The number of hydrogen-bond acceptors (Lipinski definition) is 8. The number of nitrogens with one attached hydrogen (secondary N) is 1. The molecule has 0 amide bonds. The van der Waals surface area contributed by atoms with Crippen molar-refractivity contribution in [1.29, 1.82) is 0 Å². The lowest BCUT2D eigenvalue weighted by atomic mass is 10.1. The van der Waals surface area contributed by atoms with Gasteiger partial charge in [0, 0.05) is 10.9 Å².